The van der Waals surface area contributed by atoms with Gasteiger partial charge >= 0.3 is 5.97 Å². The number of nitrogens with zero attached hydrogens (tertiary/aromatic N) is 1. The van der Waals surface area contributed by atoms with E-state index in [1.807, 2.05) is 30.3 Å². The molecule has 2 aromatic carbocycles. The first-order valence-corrected chi connectivity index (χ1v) is 12.6. The number of methoxy groups -OCH3 is 1. The molecule has 4 fully saturated rings. The maximum Gasteiger partial charge on any atom is 0.317 e. The Kier molecular flexibility index (Phi) is 4.65. The average molecular weight is 498 g/mol. The normalized spacial score (nSPS) is 28.8. The number of carbonyl (C=O) groups excluding carboxylic acids is 1. The van der Waals surface area contributed by atoms with E-state index in [9.17, 15) is 4.79 Å². The van der Waals surface area contributed by atoms with Crippen LogP contribution in [0.15, 0.2) is 40.9 Å². The molecule has 3 aromatic rings. The van der Waals surface area contributed by atoms with Gasteiger partial charge in [-0.05, 0) is 96.5 Å². The molecule has 1 aromatic heterocycles. The zero-order chi connectivity index (χ0) is 21.2. The fourth-order valence-corrected chi connectivity index (χ4v) is 7.98. The topological polar surface area (TPSA) is 48.4 Å². The molecule has 1 heterocycles. The molecular formula is C25H24BrNO3S. The fraction of sp³-hybridized carbons (Fsp3) is 0.440. The molecular weight excluding hydrogens is 474 g/mol. The number of rotatable bonds is 4. The lowest BCUT2D eigenvalue weighted by Gasteiger charge is -2.55. The van der Waals surface area contributed by atoms with E-state index in [4.69, 9.17) is 14.5 Å². The van der Waals surface area contributed by atoms with Crippen LogP contribution in [0.3, 0.4) is 0 Å². The van der Waals surface area contributed by atoms with Crippen molar-refractivity contribution in [2.24, 2.45) is 23.2 Å². The third kappa shape index (κ3) is 3.30. The zero-order valence-corrected chi connectivity index (χ0v) is 19.8. The Bertz CT molecular complexity index is 1120. The van der Waals surface area contributed by atoms with Crippen LogP contribution in [0.1, 0.15) is 38.5 Å². The number of hydrogen-bond acceptors (Lipinski definition) is 5. The molecule has 4 aliphatic rings. The summed E-state index contributed by atoms with van der Waals surface area (Å²) in [4.78, 5) is 18.2. The predicted octanol–water partition coefficient (Wildman–Crippen LogP) is 6.86. The van der Waals surface area contributed by atoms with Gasteiger partial charge in [0.15, 0.2) is 11.5 Å². The van der Waals surface area contributed by atoms with E-state index in [1.165, 1.54) is 19.3 Å². The number of halogens is 1. The van der Waals surface area contributed by atoms with Crippen molar-refractivity contribution in [3.8, 4) is 22.1 Å². The monoisotopic (exact) mass is 497 g/mol. The molecule has 0 unspecified atom stereocenters. The molecule has 4 aliphatic carbocycles. The molecule has 7 rings (SSSR count). The van der Waals surface area contributed by atoms with Crippen molar-refractivity contribution >= 4 is 43.5 Å². The van der Waals surface area contributed by atoms with Crippen LogP contribution in [0.2, 0.25) is 0 Å². The van der Waals surface area contributed by atoms with Gasteiger partial charge in [-0.2, -0.15) is 0 Å². The highest BCUT2D eigenvalue weighted by molar-refractivity contribution is 9.10. The predicted molar refractivity (Wildman–Crippen MR) is 126 cm³/mol. The largest absolute Gasteiger partial charge is 0.493 e. The maximum absolute atomic E-state index is 13.4. The highest BCUT2D eigenvalue weighted by Crippen LogP contribution is 2.60. The minimum absolute atomic E-state index is 0.0710. The number of thiazole rings is 1. The Morgan fingerprint density at radius 3 is 2.42 bits per heavy atom. The van der Waals surface area contributed by atoms with Crippen LogP contribution in [0.5, 0.6) is 11.5 Å². The zero-order valence-electron chi connectivity index (χ0n) is 17.4. The quantitative estimate of drug-likeness (QED) is 0.291. The molecule has 0 aliphatic heterocycles. The Labute approximate surface area is 194 Å². The summed E-state index contributed by atoms with van der Waals surface area (Å²) in [5, 5.41) is 0.916. The first-order valence-electron chi connectivity index (χ1n) is 11.0. The third-order valence-corrected chi connectivity index (χ3v) is 9.11. The lowest BCUT2D eigenvalue weighted by Crippen LogP contribution is -2.51. The van der Waals surface area contributed by atoms with E-state index in [-0.39, 0.29) is 11.4 Å². The number of ether oxygens (including phenoxy) is 2. The van der Waals surface area contributed by atoms with Crippen LogP contribution < -0.4 is 9.47 Å². The van der Waals surface area contributed by atoms with Gasteiger partial charge in [-0.3, -0.25) is 4.79 Å². The van der Waals surface area contributed by atoms with Gasteiger partial charge < -0.3 is 9.47 Å². The molecule has 4 nitrogen and oxygen atoms in total. The first kappa shape index (κ1) is 19.7. The average Bonchev–Trinajstić information content (AvgIpc) is 3.18. The van der Waals surface area contributed by atoms with Crippen molar-refractivity contribution in [1.82, 2.24) is 4.98 Å². The number of para-hydroxylation sites is 1. The number of benzene rings is 2. The van der Waals surface area contributed by atoms with Crippen LogP contribution in [0.4, 0.5) is 0 Å². The van der Waals surface area contributed by atoms with Gasteiger partial charge in [0.25, 0.3) is 0 Å². The number of hydrogen-bond donors (Lipinski definition) is 0. The molecule has 0 atom stereocenters. The lowest BCUT2D eigenvalue weighted by atomic mass is 9.49. The second kappa shape index (κ2) is 7.31. The molecule has 6 heteroatoms. The molecule has 0 amide bonds. The summed E-state index contributed by atoms with van der Waals surface area (Å²) in [6.07, 6.45) is 6.87. The molecule has 4 saturated carbocycles. The van der Waals surface area contributed by atoms with E-state index < -0.39 is 0 Å². The molecule has 0 radical (unpaired) electrons. The highest BCUT2D eigenvalue weighted by atomic mass is 79.9. The fourth-order valence-electron chi connectivity index (χ4n) is 6.50. The summed E-state index contributed by atoms with van der Waals surface area (Å²) in [6, 6.07) is 12.0. The van der Waals surface area contributed by atoms with Crippen molar-refractivity contribution in [2.45, 2.75) is 38.5 Å². The van der Waals surface area contributed by atoms with E-state index in [1.54, 1.807) is 18.4 Å². The molecule has 4 bridgehead atoms. The van der Waals surface area contributed by atoms with Crippen molar-refractivity contribution in [1.29, 1.82) is 0 Å². The van der Waals surface area contributed by atoms with Crippen LogP contribution in [-0.2, 0) is 4.79 Å². The Morgan fingerprint density at radius 2 is 1.77 bits per heavy atom. The molecule has 160 valence electrons. The molecule has 0 spiro atoms. The summed E-state index contributed by atoms with van der Waals surface area (Å²) < 4.78 is 13.6. The number of carbonyl (C=O) groups is 1. The third-order valence-electron chi connectivity index (χ3n) is 7.44. The van der Waals surface area contributed by atoms with Gasteiger partial charge in [0, 0.05) is 5.56 Å². The highest BCUT2D eigenvalue weighted by Gasteiger charge is 2.55. The van der Waals surface area contributed by atoms with Gasteiger partial charge in [-0.25, -0.2) is 4.98 Å². The Morgan fingerprint density at radius 1 is 1.10 bits per heavy atom. The van der Waals surface area contributed by atoms with Crippen molar-refractivity contribution < 1.29 is 14.3 Å². The first-order chi connectivity index (χ1) is 15.0. The van der Waals surface area contributed by atoms with Crippen molar-refractivity contribution in [3.63, 3.8) is 0 Å². The van der Waals surface area contributed by atoms with E-state index in [0.29, 0.717) is 29.3 Å². The maximum atomic E-state index is 13.4. The van der Waals surface area contributed by atoms with Gasteiger partial charge in [0.05, 0.1) is 27.2 Å². The van der Waals surface area contributed by atoms with E-state index in [2.05, 4.69) is 22.0 Å². The number of esters is 1. The standard InChI is InChI=1S/C25H24BrNO3S/c1-29-20-10-17(23-27-19-4-2-3-5-21(19)31-23)9-18(26)22(20)30-24(28)25-11-14-6-15(12-25)8-16(7-14)13-25/h2-5,9-10,14-16H,6-8,11-13H2,1H3. The minimum atomic E-state index is -0.301. The SMILES string of the molecule is COc1cc(-c2nc3ccccc3s2)cc(Br)c1OC(=O)C12CC3CC(CC(C3)C1)C2. The lowest BCUT2D eigenvalue weighted by molar-refractivity contribution is -0.161. The van der Waals surface area contributed by atoms with Gasteiger partial charge in [-0.15, -0.1) is 11.3 Å². The second-order valence-corrected chi connectivity index (χ2v) is 11.4. The van der Waals surface area contributed by atoms with Crippen molar-refractivity contribution in [2.75, 3.05) is 7.11 Å². The Balaban J connectivity index is 1.32. The van der Waals surface area contributed by atoms with Crippen LogP contribution >= 0.6 is 27.3 Å². The van der Waals surface area contributed by atoms with E-state index in [0.717, 1.165) is 44.5 Å². The molecule has 0 N–H and O–H groups in total. The minimum Gasteiger partial charge on any atom is -0.493 e. The van der Waals surface area contributed by atoms with Crippen LogP contribution in [0, 0.1) is 23.2 Å². The smallest absolute Gasteiger partial charge is 0.317 e. The van der Waals surface area contributed by atoms with E-state index >= 15 is 0 Å². The molecule has 0 saturated heterocycles. The summed E-state index contributed by atoms with van der Waals surface area (Å²) in [6.45, 7) is 0. The van der Waals surface area contributed by atoms with Crippen LogP contribution in [0.25, 0.3) is 20.8 Å². The number of aromatic nitrogens is 1. The number of fused-ring (bicyclic) bond motifs is 1. The van der Waals surface area contributed by atoms with Gasteiger partial charge in [0.1, 0.15) is 5.01 Å². The Hall–Kier alpha value is -1.92. The van der Waals surface area contributed by atoms with Gasteiger partial charge in [0.2, 0.25) is 0 Å². The van der Waals surface area contributed by atoms with Crippen molar-refractivity contribution in [3.05, 3.63) is 40.9 Å². The van der Waals surface area contributed by atoms with Crippen LogP contribution in [-0.4, -0.2) is 18.1 Å². The summed E-state index contributed by atoms with van der Waals surface area (Å²) in [5.74, 6) is 3.06. The summed E-state index contributed by atoms with van der Waals surface area (Å²) >= 11 is 5.28. The second-order valence-electron chi connectivity index (χ2n) is 9.56. The van der Waals surface area contributed by atoms with Gasteiger partial charge in [-0.1, -0.05) is 12.1 Å². The molecule has 31 heavy (non-hydrogen) atoms. The summed E-state index contributed by atoms with van der Waals surface area (Å²) in [7, 11) is 1.62. The summed E-state index contributed by atoms with van der Waals surface area (Å²) in [5.41, 5.74) is 1.62.